The van der Waals surface area contributed by atoms with E-state index in [0.29, 0.717) is 10.6 Å². The molecule has 2 rings (SSSR count). The van der Waals surface area contributed by atoms with E-state index in [0.717, 1.165) is 10.6 Å². The van der Waals surface area contributed by atoms with Crippen molar-refractivity contribution in [3.8, 4) is 10.6 Å². The van der Waals surface area contributed by atoms with Crippen molar-refractivity contribution >= 4 is 17.2 Å². The lowest BCUT2D eigenvalue weighted by Gasteiger charge is -2.12. The van der Waals surface area contributed by atoms with Crippen molar-refractivity contribution in [3.05, 3.63) is 40.7 Å². The minimum absolute atomic E-state index is 0.0162. The summed E-state index contributed by atoms with van der Waals surface area (Å²) in [6, 6.07) is 6.35. The van der Waals surface area contributed by atoms with Crippen LogP contribution in [0.2, 0.25) is 0 Å². The Bertz CT molecular complexity index is 642. The molecular formula is C15H17FN2O2S. The number of nitrogens with zero attached hydrogens (tertiary/aromatic N) is 1. The molecule has 0 aliphatic heterocycles. The molecule has 1 aromatic carbocycles. The van der Waals surface area contributed by atoms with Crippen LogP contribution >= 0.6 is 11.3 Å². The van der Waals surface area contributed by atoms with Crippen LogP contribution in [0, 0.1) is 12.7 Å². The Labute approximate surface area is 127 Å². The molecule has 21 heavy (non-hydrogen) atoms. The molecule has 0 spiro atoms. The summed E-state index contributed by atoms with van der Waals surface area (Å²) >= 11 is 1.39. The van der Waals surface area contributed by atoms with Crippen molar-refractivity contribution in [2.24, 2.45) is 0 Å². The number of halogens is 1. The largest absolute Gasteiger partial charge is 0.375 e. The first kappa shape index (κ1) is 15.6. The minimum atomic E-state index is -0.297. The maximum absolute atomic E-state index is 13.8. The third-order valence-electron chi connectivity index (χ3n) is 2.98. The second kappa shape index (κ2) is 6.78. The molecule has 0 aliphatic rings. The van der Waals surface area contributed by atoms with Gasteiger partial charge in [-0.15, -0.1) is 11.3 Å². The van der Waals surface area contributed by atoms with Crippen molar-refractivity contribution in [1.29, 1.82) is 0 Å². The molecule has 0 aliphatic carbocycles. The second-order valence-electron chi connectivity index (χ2n) is 4.67. The quantitative estimate of drug-likeness (QED) is 0.923. The van der Waals surface area contributed by atoms with E-state index in [1.54, 1.807) is 18.2 Å². The minimum Gasteiger partial charge on any atom is -0.375 e. The maximum Gasteiger partial charge on any atom is 0.246 e. The van der Waals surface area contributed by atoms with Crippen LogP contribution in [0.4, 0.5) is 4.39 Å². The first-order chi connectivity index (χ1) is 10.0. The zero-order chi connectivity index (χ0) is 15.4. The molecule has 0 fully saturated rings. The van der Waals surface area contributed by atoms with Crippen LogP contribution in [-0.4, -0.2) is 24.6 Å². The average molecular weight is 308 g/mol. The summed E-state index contributed by atoms with van der Waals surface area (Å²) in [7, 11) is 1.47. The van der Waals surface area contributed by atoms with Crippen molar-refractivity contribution in [2.45, 2.75) is 19.9 Å². The molecule has 0 saturated carbocycles. The van der Waals surface area contributed by atoms with Gasteiger partial charge >= 0.3 is 0 Å². The zero-order valence-corrected chi connectivity index (χ0v) is 13.0. The Kier molecular flexibility index (Phi) is 5.03. The number of benzene rings is 1. The molecule has 2 aromatic rings. The molecule has 1 unspecified atom stereocenters. The summed E-state index contributed by atoms with van der Waals surface area (Å²) in [4.78, 5) is 16.9. The Morgan fingerprint density at radius 3 is 2.86 bits per heavy atom. The van der Waals surface area contributed by atoms with Crippen molar-refractivity contribution in [2.75, 3.05) is 13.7 Å². The summed E-state index contributed by atoms with van der Waals surface area (Å²) in [6.07, 6.45) is 0. The van der Waals surface area contributed by atoms with E-state index in [4.69, 9.17) is 4.74 Å². The van der Waals surface area contributed by atoms with E-state index in [1.165, 1.54) is 24.5 Å². The highest BCUT2D eigenvalue weighted by Crippen LogP contribution is 2.32. The lowest BCUT2D eigenvalue weighted by molar-refractivity contribution is -0.125. The van der Waals surface area contributed by atoms with E-state index in [9.17, 15) is 9.18 Å². The highest BCUT2D eigenvalue weighted by Gasteiger charge is 2.18. The average Bonchev–Trinajstić information content (AvgIpc) is 2.81. The number of rotatable bonds is 5. The molecule has 0 radical (unpaired) electrons. The van der Waals surface area contributed by atoms with Gasteiger partial charge < -0.3 is 10.1 Å². The number of aromatic nitrogens is 1. The molecule has 6 heteroatoms. The second-order valence-corrected chi connectivity index (χ2v) is 5.70. The molecular weight excluding hydrogens is 291 g/mol. The van der Waals surface area contributed by atoms with E-state index in [2.05, 4.69) is 10.3 Å². The zero-order valence-electron chi connectivity index (χ0n) is 12.1. The fraction of sp³-hybridized carbons (Fsp3) is 0.333. The van der Waals surface area contributed by atoms with Gasteiger partial charge in [0.25, 0.3) is 0 Å². The SMILES string of the molecule is COCC(=O)NC(C)c1sc(-c2ccccc2F)nc1C. The van der Waals surface area contributed by atoms with E-state index >= 15 is 0 Å². The molecule has 1 atom stereocenters. The van der Waals surface area contributed by atoms with Gasteiger partial charge in [-0.25, -0.2) is 9.37 Å². The van der Waals surface area contributed by atoms with Gasteiger partial charge in [-0.2, -0.15) is 0 Å². The molecule has 1 amide bonds. The smallest absolute Gasteiger partial charge is 0.246 e. The van der Waals surface area contributed by atoms with Crippen LogP contribution in [0.1, 0.15) is 23.5 Å². The third-order valence-corrected chi connectivity index (χ3v) is 4.36. The predicted molar refractivity (Wildman–Crippen MR) is 80.7 cm³/mol. The predicted octanol–water partition coefficient (Wildman–Crippen LogP) is 3.08. The van der Waals surface area contributed by atoms with E-state index < -0.39 is 0 Å². The summed E-state index contributed by atoms with van der Waals surface area (Å²) in [5, 5.41) is 3.45. The summed E-state index contributed by atoms with van der Waals surface area (Å²) in [5.74, 6) is -0.487. The van der Waals surface area contributed by atoms with E-state index in [1.807, 2.05) is 13.8 Å². The van der Waals surface area contributed by atoms with Gasteiger partial charge in [-0.05, 0) is 26.0 Å². The van der Waals surface area contributed by atoms with Crippen LogP contribution in [0.25, 0.3) is 10.6 Å². The maximum atomic E-state index is 13.8. The van der Waals surface area contributed by atoms with Gasteiger partial charge in [-0.3, -0.25) is 4.79 Å². The number of carbonyl (C=O) groups is 1. The van der Waals surface area contributed by atoms with Crippen molar-refractivity contribution < 1.29 is 13.9 Å². The number of thiazole rings is 1. The number of ether oxygens (including phenoxy) is 1. The normalized spacial score (nSPS) is 12.2. The number of methoxy groups -OCH3 is 1. The molecule has 0 saturated heterocycles. The number of amides is 1. The van der Waals surface area contributed by atoms with Gasteiger partial charge in [0.15, 0.2) is 0 Å². The fourth-order valence-electron chi connectivity index (χ4n) is 2.04. The van der Waals surface area contributed by atoms with Gasteiger partial charge in [0.1, 0.15) is 17.4 Å². The topological polar surface area (TPSA) is 51.2 Å². The van der Waals surface area contributed by atoms with Crippen LogP contribution in [0.5, 0.6) is 0 Å². The lowest BCUT2D eigenvalue weighted by atomic mass is 10.2. The van der Waals surface area contributed by atoms with Gasteiger partial charge in [0.2, 0.25) is 5.91 Å². The van der Waals surface area contributed by atoms with E-state index in [-0.39, 0.29) is 24.4 Å². The van der Waals surface area contributed by atoms with Crippen LogP contribution in [-0.2, 0) is 9.53 Å². The van der Waals surface area contributed by atoms with Crippen molar-refractivity contribution in [1.82, 2.24) is 10.3 Å². The Balaban J connectivity index is 2.23. The highest BCUT2D eigenvalue weighted by atomic mass is 32.1. The van der Waals surface area contributed by atoms with Gasteiger partial charge in [0.05, 0.1) is 16.6 Å². The monoisotopic (exact) mass is 308 g/mol. The number of hydrogen-bond acceptors (Lipinski definition) is 4. The standard InChI is InChI=1S/C15H17FN2O2S/c1-9(17-13(19)8-20-3)14-10(2)18-15(21-14)11-6-4-5-7-12(11)16/h4-7,9H,8H2,1-3H3,(H,17,19). The Morgan fingerprint density at radius 2 is 2.19 bits per heavy atom. The molecule has 112 valence electrons. The first-order valence-electron chi connectivity index (χ1n) is 6.53. The summed E-state index contributed by atoms with van der Waals surface area (Å²) < 4.78 is 18.6. The van der Waals surface area contributed by atoms with Crippen LogP contribution in [0.15, 0.2) is 24.3 Å². The van der Waals surface area contributed by atoms with Gasteiger partial charge in [-0.1, -0.05) is 12.1 Å². The van der Waals surface area contributed by atoms with Crippen LogP contribution in [0.3, 0.4) is 0 Å². The number of carbonyl (C=O) groups excluding carboxylic acids is 1. The highest BCUT2D eigenvalue weighted by molar-refractivity contribution is 7.15. The number of hydrogen-bond donors (Lipinski definition) is 1. The van der Waals surface area contributed by atoms with Crippen LogP contribution < -0.4 is 5.32 Å². The molecule has 0 bridgehead atoms. The summed E-state index contributed by atoms with van der Waals surface area (Å²) in [6.45, 7) is 3.75. The van der Waals surface area contributed by atoms with Gasteiger partial charge in [0, 0.05) is 12.7 Å². The molecule has 4 nitrogen and oxygen atoms in total. The third kappa shape index (κ3) is 3.65. The fourth-order valence-corrected chi connectivity index (χ4v) is 3.14. The number of nitrogens with one attached hydrogen (secondary N) is 1. The summed E-state index contributed by atoms with van der Waals surface area (Å²) in [5.41, 5.74) is 1.27. The molecule has 1 N–H and O–H groups in total. The number of aryl methyl sites for hydroxylation is 1. The lowest BCUT2D eigenvalue weighted by Crippen LogP contribution is -2.29. The Morgan fingerprint density at radius 1 is 1.48 bits per heavy atom. The van der Waals surface area contributed by atoms with Crippen molar-refractivity contribution in [3.63, 3.8) is 0 Å². The molecule has 1 aromatic heterocycles. The molecule has 1 heterocycles. The first-order valence-corrected chi connectivity index (χ1v) is 7.35. The Hall–Kier alpha value is -1.79.